The largest absolute Gasteiger partial charge is 0.410 e. The topological polar surface area (TPSA) is 44.8 Å². The van der Waals surface area contributed by atoms with Crippen molar-refractivity contribution in [3.63, 3.8) is 0 Å². The van der Waals surface area contributed by atoms with Gasteiger partial charge in [0.15, 0.2) is 0 Å². The van der Waals surface area contributed by atoms with E-state index in [1.807, 2.05) is 20.8 Å². The van der Waals surface area contributed by atoms with E-state index in [1.165, 1.54) is 0 Å². The van der Waals surface area contributed by atoms with Gasteiger partial charge >= 0.3 is 12.4 Å². The molecule has 0 aromatic heterocycles. The minimum Gasteiger partial charge on any atom is -0.410 e. The molecule has 13 heavy (non-hydrogen) atoms. The van der Waals surface area contributed by atoms with Gasteiger partial charge in [-0.3, -0.25) is 4.79 Å². The maximum Gasteiger partial charge on any atom is 0.318 e. The van der Waals surface area contributed by atoms with Crippen molar-refractivity contribution in [1.82, 2.24) is 0 Å². The summed E-state index contributed by atoms with van der Waals surface area (Å²) in [6, 6.07) is 0. The third-order valence-corrected chi connectivity index (χ3v) is 2.23. The monoisotopic (exact) mass is 188 g/mol. The van der Waals surface area contributed by atoms with Gasteiger partial charge in [-0.05, 0) is 20.3 Å². The second kappa shape index (κ2) is 4.07. The lowest BCUT2D eigenvalue weighted by Gasteiger charge is -2.21. The molecule has 4 heteroatoms. The summed E-state index contributed by atoms with van der Waals surface area (Å²) in [7, 11) is 0. The van der Waals surface area contributed by atoms with Crippen molar-refractivity contribution in [2.24, 2.45) is 5.41 Å². The Labute approximate surface area is 78.2 Å². The average molecular weight is 188 g/mol. The molecule has 0 unspecified atom stereocenters. The van der Waals surface area contributed by atoms with Crippen LogP contribution in [0.3, 0.4) is 0 Å². The van der Waals surface area contributed by atoms with Crippen LogP contribution in [0.2, 0.25) is 0 Å². The summed E-state index contributed by atoms with van der Waals surface area (Å²) in [5.74, 6) is -0.276. The van der Waals surface area contributed by atoms with Crippen LogP contribution in [-0.4, -0.2) is 25.7 Å². The van der Waals surface area contributed by atoms with Crippen molar-refractivity contribution < 1.29 is 19.0 Å². The lowest BCUT2D eigenvalue weighted by atomic mass is 9.91. The van der Waals surface area contributed by atoms with Crippen LogP contribution in [0.25, 0.3) is 0 Å². The zero-order valence-electron chi connectivity index (χ0n) is 8.33. The molecule has 1 saturated heterocycles. The zero-order valence-corrected chi connectivity index (χ0v) is 8.33. The number of esters is 1. The lowest BCUT2D eigenvalue weighted by Crippen LogP contribution is -2.30. The summed E-state index contributed by atoms with van der Waals surface area (Å²) in [5, 5.41) is 0. The van der Waals surface area contributed by atoms with Crippen LogP contribution in [-0.2, 0) is 19.0 Å². The fraction of sp³-hybridized carbons (Fsp3) is 0.889. The molecular formula is C9H16O4. The molecule has 0 aromatic carbocycles. The van der Waals surface area contributed by atoms with Gasteiger partial charge in [-0.15, -0.1) is 0 Å². The van der Waals surface area contributed by atoms with Gasteiger partial charge in [-0.25, -0.2) is 0 Å². The van der Waals surface area contributed by atoms with Gasteiger partial charge in [0.1, 0.15) is 0 Å². The highest BCUT2D eigenvalue weighted by molar-refractivity contribution is 5.75. The molecule has 0 radical (unpaired) electrons. The van der Waals surface area contributed by atoms with Crippen molar-refractivity contribution >= 4 is 5.97 Å². The Morgan fingerprint density at radius 1 is 1.46 bits per heavy atom. The normalized spacial score (nSPS) is 19.0. The van der Waals surface area contributed by atoms with Gasteiger partial charge in [0.2, 0.25) is 0 Å². The molecule has 1 heterocycles. The summed E-state index contributed by atoms with van der Waals surface area (Å²) < 4.78 is 15.0. The predicted molar refractivity (Wildman–Crippen MR) is 45.9 cm³/mol. The third-order valence-electron chi connectivity index (χ3n) is 2.23. The van der Waals surface area contributed by atoms with Crippen LogP contribution in [0.1, 0.15) is 27.2 Å². The van der Waals surface area contributed by atoms with Crippen LogP contribution >= 0.6 is 0 Å². The second-order valence-electron chi connectivity index (χ2n) is 3.67. The summed E-state index contributed by atoms with van der Waals surface area (Å²) >= 11 is 0. The molecular weight excluding hydrogens is 172 g/mol. The number of hydrogen-bond acceptors (Lipinski definition) is 4. The highest BCUT2D eigenvalue weighted by atomic mass is 16.9. The van der Waals surface area contributed by atoms with Crippen molar-refractivity contribution in [1.29, 1.82) is 0 Å². The Kier molecular flexibility index (Phi) is 3.27. The maximum atomic E-state index is 11.5. The Morgan fingerprint density at radius 3 is 2.46 bits per heavy atom. The molecule has 0 amide bonds. The minimum absolute atomic E-state index is 0.276. The first kappa shape index (κ1) is 10.5. The van der Waals surface area contributed by atoms with E-state index in [4.69, 9.17) is 14.2 Å². The first-order valence-electron chi connectivity index (χ1n) is 4.50. The van der Waals surface area contributed by atoms with E-state index in [2.05, 4.69) is 0 Å². The smallest absolute Gasteiger partial charge is 0.318 e. The summed E-state index contributed by atoms with van der Waals surface area (Å²) in [6.07, 6.45) is 0.735. The molecule has 1 aliphatic heterocycles. The van der Waals surface area contributed by atoms with E-state index in [0.717, 1.165) is 6.42 Å². The van der Waals surface area contributed by atoms with Crippen molar-refractivity contribution in [2.75, 3.05) is 13.2 Å². The number of hydrogen-bond donors (Lipinski definition) is 0. The quantitative estimate of drug-likeness (QED) is 0.626. The molecule has 76 valence electrons. The van der Waals surface area contributed by atoms with Crippen LogP contribution in [0.4, 0.5) is 0 Å². The Morgan fingerprint density at radius 2 is 2.00 bits per heavy atom. The Bertz CT molecular complexity index is 182. The molecule has 1 aliphatic rings. The number of rotatable bonds is 3. The Balaban J connectivity index is 2.39. The summed E-state index contributed by atoms with van der Waals surface area (Å²) in [6.45, 7) is 5.81. The molecule has 0 spiro atoms. The van der Waals surface area contributed by atoms with E-state index in [-0.39, 0.29) is 5.97 Å². The molecule has 0 saturated carbocycles. The van der Waals surface area contributed by atoms with Crippen molar-refractivity contribution in [3.8, 4) is 0 Å². The average Bonchev–Trinajstić information content (AvgIpc) is 2.57. The van der Waals surface area contributed by atoms with Gasteiger partial charge in [-0.1, -0.05) is 6.92 Å². The van der Waals surface area contributed by atoms with E-state index in [0.29, 0.717) is 13.2 Å². The zero-order chi connectivity index (χ0) is 9.90. The fourth-order valence-electron chi connectivity index (χ4n) is 0.796. The molecule has 4 nitrogen and oxygen atoms in total. The maximum absolute atomic E-state index is 11.5. The van der Waals surface area contributed by atoms with Gasteiger partial charge in [0.05, 0.1) is 18.6 Å². The van der Waals surface area contributed by atoms with Gasteiger partial charge in [-0.2, -0.15) is 0 Å². The molecule has 1 rings (SSSR count). The number of carbonyl (C=O) groups excluding carboxylic acids is 1. The van der Waals surface area contributed by atoms with Crippen LogP contribution in [0.15, 0.2) is 0 Å². The molecule has 0 aromatic rings. The molecule has 1 fully saturated rings. The van der Waals surface area contributed by atoms with Crippen LogP contribution < -0.4 is 0 Å². The second-order valence-corrected chi connectivity index (χ2v) is 3.67. The summed E-state index contributed by atoms with van der Waals surface area (Å²) in [5.41, 5.74) is -0.463. The lowest BCUT2D eigenvalue weighted by molar-refractivity contribution is -0.234. The van der Waals surface area contributed by atoms with E-state index < -0.39 is 11.9 Å². The van der Waals surface area contributed by atoms with Gasteiger partial charge in [0.25, 0.3) is 0 Å². The standard InChI is InChI=1S/C9H16O4/c1-4-9(2,3)7(10)13-8-11-5-6-12-8/h8H,4-6H2,1-3H3. The molecule has 0 bridgehead atoms. The van der Waals surface area contributed by atoms with Crippen LogP contribution in [0.5, 0.6) is 0 Å². The summed E-state index contributed by atoms with van der Waals surface area (Å²) in [4.78, 5) is 11.5. The molecule has 0 aliphatic carbocycles. The first-order chi connectivity index (χ1) is 6.06. The predicted octanol–water partition coefficient (Wildman–Crippen LogP) is 1.30. The van der Waals surface area contributed by atoms with Crippen molar-refractivity contribution in [2.45, 2.75) is 33.7 Å². The SMILES string of the molecule is CCC(C)(C)C(=O)OC1OCCO1. The third kappa shape index (κ3) is 2.67. The number of ether oxygens (including phenoxy) is 3. The van der Waals surface area contributed by atoms with E-state index in [9.17, 15) is 4.79 Å². The highest BCUT2D eigenvalue weighted by Crippen LogP contribution is 2.23. The fourth-order valence-corrected chi connectivity index (χ4v) is 0.796. The number of carbonyl (C=O) groups is 1. The van der Waals surface area contributed by atoms with Gasteiger partial charge in [0, 0.05) is 0 Å². The van der Waals surface area contributed by atoms with E-state index >= 15 is 0 Å². The van der Waals surface area contributed by atoms with Crippen molar-refractivity contribution in [3.05, 3.63) is 0 Å². The molecule has 0 atom stereocenters. The minimum atomic E-state index is -0.793. The molecule has 0 N–H and O–H groups in total. The van der Waals surface area contributed by atoms with Gasteiger partial charge < -0.3 is 14.2 Å². The van der Waals surface area contributed by atoms with Crippen LogP contribution in [0, 0.1) is 5.41 Å². The highest BCUT2D eigenvalue weighted by Gasteiger charge is 2.31. The first-order valence-corrected chi connectivity index (χ1v) is 4.50. The Hall–Kier alpha value is -0.610. The van der Waals surface area contributed by atoms with E-state index in [1.54, 1.807) is 0 Å².